The van der Waals surface area contributed by atoms with Gasteiger partial charge in [0, 0.05) is 13.1 Å². The Morgan fingerprint density at radius 2 is 1.54 bits per heavy atom. The van der Waals surface area contributed by atoms with Crippen LogP contribution in [0.15, 0.2) is 54.6 Å². The zero-order valence-electron chi connectivity index (χ0n) is 20.1. The third kappa shape index (κ3) is 7.40. The van der Waals surface area contributed by atoms with Gasteiger partial charge in [-0.2, -0.15) is 0 Å². The normalized spacial score (nSPS) is 13.3. The van der Waals surface area contributed by atoms with E-state index in [4.69, 9.17) is 4.74 Å². The van der Waals surface area contributed by atoms with Gasteiger partial charge in [0.1, 0.15) is 12.6 Å². The Morgan fingerprint density at radius 3 is 2.20 bits per heavy atom. The molecular formula is C27H33N3O5. The fourth-order valence-electron chi connectivity index (χ4n) is 3.93. The zero-order chi connectivity index (χ0) is 25.0. The van der Waals surface area contributed by atoms with Crippen molar-refractivity contribution in [2.24, 2.45) is 0 Å². The Bertz CT molecular complexity index is 989. The maximum atomic E-state index is 12.6. The van der Waals surface area contributed by atoms with Gasteiger partial charge in [-0.3, -0.25) is 19.3 Å². The summed E-state index contributed by atoms with van der Waals surface area (Å²) in [6, 6.07) is 15.5. The Labute approximate surface area is 206 Å². The molecule has 0 fully saturated rings. The number of imide groups is 1. The number of hydrogen-bond donors (Lipinski definition) is 2. The molecule has 0 saturated heterocycles. The Kier molecular flexibility index (Phi) is 9.83. The highest BCUT2D eigenvalue weighted by Crippen LogP contribution is 2.22. The van der Waals surface area contributed by atoms with Gasteiger partial charge in [0.25, 0.3) is 11.8 Å². The number of hydrogen-bond acceptors (Lipinski definition) is 5. The van der Waals surface area contributed by atoms with Crippen LogP contribution in [0, 0.1) is 0 Å². The molecule has 0 aliphatic carbocycles. The van der Waals surface area contributed by atoms with Crippen LogP contribution in [-0.4, -0.2) is 47.8 Å². The smallest absolute Gasteiger partial charge is 0.408 e. The molecule has 186 valence electrons. The van der Waals surface area contributed by atoms with E-state index < -0.39 is 12.1 Å². The molecule has 0 aromatic heterocycles. The van der Waals surface area contributed by atoms with E-state index in [9.17, 15) is 19.2 Å². The number of nitrogens with zero attached hydrogens (tertiary/aromatic N) is 1. The van der Waals surface area contributed by atoms with E-state index >= 15 is 0 Å². The third-order valence-electron chi connectivity index (χ3n) is 5.90. The van der Waals surface area contributed by atoms with Gasteiger partial charge < -0.3 is 15.4 Å². The monoisotopic (exact) mass is 479 g/mol. The van der Waals surface area contributed by atoms with Crippen LogP contribution in [0.25, 0.3) is 0 Å². The molecule has 35 heavy (non-hydrogen) atoms. The van der Waals surface area contributed by atoms with Crippen LogP contribution in [0.1, 0.15) is 71.7 Å². The fraction of sp³-hybridized carbons (Fsp3) is 0.407. The second-order valence-electron chi connectivity index (χ2n) is 8.56. The predicted molar refractivity (Wildman–Crippen MR) is 132 cm³/mol. The largest absolute Gasteiger partial charge is 0.445 e. The zero-order valence-corrected chi connectivity index (χ0v) is 20.1. The lowest BCUT2D eigenvalue weighted by Crippen LogP contribution is -2.47. The molecule has 3 rings (SSSR count). The molecule has 0 saturated carbocycles. The molecule has 1 aliphatic rings. The van der Waals surface area contributed by atoms with Crippen LogP contribution in [0.3, 0.4) is 0 Å². The van der Waals surface area contributed by atoms with Crippen LogP contribution >= 0.6 is 0 Å². The van der Waals surface area contributed by atoms with Crippen molar-refractivity contribution in [1.29, 1.82) is 0 Å². The first-order valence-corrected chi connectivity index (χ1v) is 12.2. The van der Waals surface area contributed by atoms with E-state index in [0.29, 0.717) is 43.5 Å². The summed E-state index contributed by atoms with van der Waals surface area (Å²) in [6.45, 7) is 2.97. The highest BCUT2D eigenvalue weighted by Gasteiger charge is 2.34. The average Bonchev–Trinajstić information content (AvgIpc) is 3.12. The van der Waals surface area contributed by atoms with Crippen molar-refractivity contribution in [3.05, 3.63) is 71.3 Å². The maximum absolute atomic E-state index is 12.6. The molecule has 2 aromatic rings. The molecule has 2 N–H and O–H groups in total. The van der Waals surface area contributed by atoms with Crippen molar-refractivity contribution < 1.29 is 23.9 Å². The molecule has 2 aromatic carbocycles. The van der Waals surface area contributed by atoms with E-state index in [-0.39, 0.29) is 24.3 Å². The third-order valence-corrected chi connectivity index (χ3v) is 5.90. The molecule has 1 unspecified atom stereocenters. The Balaban J connectivity index is 1.35. The van der Waals surface area contributed by atoms with E-state index in [1.807, 2.05) is 37.3 Å². The van der Waals surface area contributed by atoms with Gasteiger partial charge in [-0.25, -0.2) is 4.79 Å². The highest BCUT2D eigenvalue weighted by atomic mass is 16.5. The van der Waals surface area contributed by atoms with Crippen LogP contribution in [0.2, 0.25) is 0 Å². The number of nitrogens with one attached hydrogen (secondary N) is 2. The summed E-state index contributed by atoms with van der Waals surface area (Å²) in [5.74, 6) is -0.735. The van der Waals surface area contributed by atoms with Crippen molar-refractivity contribution in [2.75, 3.05) is 13.1 Å². The maximum Gasteiger partial charge on any atom is 0.408 e. The Morgan fingerprint density at radius 1 is 0.886 bits per heavy atom. The second-order valence-corrected chi connectivity index (χ2v) is 8.56. The first-order chi connectivity index (χ1) is 17.0. The molecule has 1 heterocycles. The van der Waals surface area contributed by atoms with Gasteiger partial charge in [0.2, 0.25) is 5.91 Å². The lowest BCUT2D eigenvalue weighted by Gasteiger charge is -2.18. The van der Waals surface area contributed by atoms with Crippen molar-refractivity contribution >= 4 is 23.8 Å². The fourth-order valence-corrected chi connectivity index (χ4v) is 3.93. The van der Waals surface area contributed by atoms with Gasteiger partial charge in [-0.05, 0) is 43.4 Å². The number of alkyl carbamates (subject to hydrolysis) is 1. The number of carbonyl (C=O) groups excluding carboxylic acids is 4. The highest BCUT2D eigenvalue weighted by molar-refractivity contribution is 6.21. The molecule has 0 bridgehead atoms. The summed E-state index contributed by atoms with van der Waals surface area (Å²) in [5.41, 5.74) is 1.79. The lowest BCUT2D eigenvalue weighted by atomic mass is 10.1. The van der Waals surface area contributed by atoms with Crippen LogP contribution in [-0.2, 0) is 16.1 Å². The summed E-state index contributed by atoms with van der Waals surface area (Å²) in [4.78, 5) is 50.9. The average molecular weight is 480 g/mol. The van der Waals surface area contributed by atoms with Gasteiger partial charge in [0.15, 0.2) is 0 Å². The molecule has 8 nitrogen and oxygen atoms in total. The number of carbonyl (C=O) groups is 4. The number of rotatable bonds is 13. The SMILES string of the molecule is CCCCC(NC(=O)OCc1ccccc1)C(=O)NCCCCCN1C(=O)c2ccccc2C1=O. The quantitative estimate of drug-likeness (QED) is 0.333. The van der Waals surface area contributed by atoms with Crippen LogP contribution < -0.4 is 10.6 Å². The minimum atomic E-state index is -0.656. The minimum absolute atomic E-state index is 0.141. The topological polar surface area (TPSA) is 105 Å². The van der Waals surface area contributed by atoms with Gasteiger partial charge in [0.05, 0.1) is 11.1 Å². The summed E-state index contributed by atoms with van der Waals surface area (Å²) in [5, 5.41) is 5.55. The minimum Gasteiger partial charge on any atom is -0.445 e. The molecule has 1 aliphatic heterocycles. The summed E-state index contributed by atoms with van der Waals surface area (Å²) in [7, 11) is 0. The van der Waals surface area contributed by atoms with Crippen molar-refractivity contribution in [2.45, 2.75) is 58.1 Å². The van der Waals surface area contributed by atoms with E-state index in [1.165, 1.54) is 4.90 Å². The van der Waals surface area contributed by atoms with E-state index in [2.05, 4.69) is 10.6 Å². The summed E-state index contributed by atoms with van der Waals surface area (Å²) in [6.07, 6.45) is 3.73. The summed E-state index contributed by atoms with van der Waals surface area (Å²) < 4.78 is 5.25. The first kappa shape index (κ1) is 25.9. The number of unbranched alkanes of at least 4 members (excludes halogenated alkanes) is 3. The molecule has 0 radical (unpaired) electrons. The van der Waals surface area contributed by atoms with Gasteiger partial charge >= 0.3 is 6.09 Å². The first-order valence-electron chi connectivity index (χ1n) is 12.2. The van der Waals surface area contributed by atoms with E-state index in [0.717, 1.165) is 24.8 Å². The number of ether oxygens (including phenoxy) is 1. The Hall–Kier alpha value is -3.68. The number of fused-ring (bicyclic) bond motifs is 1. The molecule has 4 amide bonds. The number of benzene rings is 2. The van der Waals surface area contributed by atoms with Gasteiger partial charge in [-0.15, -0.1) is 0 Å². The van der Waals surface area contributed by atoms with Crippen LogP contribution in [0.5, 0.6) is 0 Å². The molecule has 1 atom stereocenters. The second kappa shape index (κ2) is 13.3. The van der Waals surface area contributed by atoms with Crippen molar-refractivity contribution in [1.82, 2.24) is 15.5 Å². The predicted octanol–water partition coefficient (Wildman–Crippen LogP) is 4.05. The molecule has 8 heteroatoms. The van der Waals surface area contributed by atoms with Crippen molar-refractivity contribution in [3.8, 4) is 0 Å². The molecule has 0 spiro atoms. The van der Waals surface area contributed by atoms with Crippen LogP contribution in [0.4, 0.5) is 4.79 Å². The molecular weight excluding hydrogens is 446 g/mol. The van der Waals surface area contributed by atoms with E-state index in [1.54, 1.807) is 24.3 Å². The van der Waals surface area contributed by atoms with Crippen molar-refractivity contribution in [3.63, 3.8) is 0 Å². The summed E-state index contributed by atoms with van der Waals surface area (Å²) >= 11 is 0. The number of amides is 4. The standard InChI is InChI=1S/C27H33N3O5/c1-2-3-16-23(29-27(34)35-19-20-12-6-4-7-13-20)24(31)28-17-10-5-11-18-30-25(32)21-14-8-9-15-22(21)26(30)33/h4,6-9,12-15,23H,2-3,5,10-11,16-19H2,1H3,(H,28,31)(H,29,34). The van der Waals surface area contributed by atoms with Gasteiger partial charge in [-0.1, -0.05) is 62.2 Å². The lowest BCUT2D eigenvalue weighted by molar-refractivity contribution is -0.123.